The van der Waals surface area contributed by atoms with Gasteiger partial charge in [0.05, 0.1) is 19.1 Å². The summed E-state index contributed by atoms with van der Waals surface area (Å²) in [5.41, 5.74) is 0. The molecule has 1 saturated heterocycles. The third-order valence-electron chi connectivity index (χ3n) is 3.24. The Kier molecular flexibility index (Phi) is 4.93. The van der Waals surface area contributed by atoms with Crippen LogP contribution in [-0.2, 0) is 14.3 Å². The van der Waals surface area contributed by atoms with Crippen LogP contribution in [0.3, 0.4) is 0 Å². The van der Waals surface area contributed by atoms with Crippen LogP contribution in [0.5, 0.6) is 0 Å². The third kappa shape index (κ3) is 4.00. The monoisotopic (exact) mass is 243 g/mol. The molecule has 0 aromatic carbocycles. The topological polar surface area (TPSA) is 66.8 Å². The van der Waals surface area contributed by atoms with Crippen molar-refractivity contribution in [2.24, 2.45) is 11.8 Å². The Labute approximate surface area is 102 Å². The number of nitrogens with zero attached hydrogens (tertiary/aromatic N) is 1. The summed E-state index contributed by atoms with van der Waals surface area (Å²) in [7, 11) is 0. The second kappa shape index (κ2) is 6.00. The van der Waals surface area contributed by atoms with Crippen molar-refractivity contribution in [3.05, 3.63) is 0 Å². The largest absolute Gasteiger partial charge is 0.481 e. The molecule has 1 aliphatic heterocycles. The van der Waals surface area contributed by atoms with Gasteiger partial charge in [-0.3, -0.25) is 9.59 Å². The Hall–Kier alpha value is -1.10. The normalized spacial score (nSPS) is 22.6. The van der Waals surface area contributed by atoms with Crippen LogP contribution in [-0.4, -0.2) is 47.7 Å². The smallest absolute Gasteiger partial charge is 0.306 e. The van der Waals surface area contributed by atoms with Crippen molar-refractivity contribution in [1.29, 1.82) is 0 Å². The molecular formula is C12H21NO4. The number of ether oxygens (including phenoxy) is 1. The maximum atomic E-state index is 12.1. The maximum absolute atomic E-state index is 12.1. The lowest BCUT2D eigenvalue weighted by molar-refractivity contribution is -0.150. The molecule has 17 heavy (non-hydrogen) atoms. The summed E-state index contributed by atoms with van der Waals surface area (Å²) in [6.07, 6.45) is -0.413. The molecule has 5 nitrogen and oxygen atoms in total. The number of aliphatic carboxylic acids is 1. The van der Waals surface area contributed by atoms with Gasteiger partial charge in [0.2, 0.25) is 5.91 Å². The molecule has 0 radical (unpaired) electrons. The molecule has 1 aliphatic rings. The molecule has 5 heteroatoms. The molecule has 1 N–H and O–H groups in total. The SMILES string of the molecule is CC(C)C(C)C(=O)N1CCOC(CC(=O)O)C1. The average Bonchev–Trinajstić information content (AvgIpc) is 2.26. The predicted octanol–water partition coefficient (Wildman–Crippen LogP) is 0.981. The van der Waals surface area contributed by atoms with E-state index in [2.05, 4.69) is 0 Å². The molecule has 0 saturated carbocycles. The first-order valence-electron chi connectivity index (χ1n) is 6.04. The molecule has 1 heterocycles. The summed E-state index contributed by atoms with van der Waals surface area (Å²) in [6, 6.07) is 0. The molecule has 0 spiro atoms. The average molecular weight is 243 g/mol. The summed E-state index contributed by atoms with van der Waals surface area (Å²) < 4.78 is 5.33. The van der Waals surface area contributed by atoms with Gasteiger partial charge in [-0.1, -0.05) is 20.8 Å². The highest BCUT2D eigenvalue weighted by molar-refractivity contribution is 5.79. The van der Waals surface area contributed by atoms with Gasteiger partial charge < -0.3 is 14.7 Å². The standard InChI is InChI=1S/C12H21NO4/c1-8(2)9(3)12(16)13-4-5-17-10(7-13)6-11(14)15/h8-10H,4-7H2,1-3H3,(H,14,15). The van der Waals surface area contributed by atoms with Gasteiger partial charge in [-0.15, -0.1) is 0 Å². The van der Waals surface area contributed by atoms with Crippen LogP contribution in [0.25, 0.3) is 0 Å². The maximum Gasteiger partial charge on any atom is 0.306 e. The van der Waals surface area contributed by atoms with E-state index in [0.29, 0.717) is 25.6 Å². The van der Waals surface area contributed by atoms with E-state index in [1.807, 2.05) is 20.8 Å². The van der Waals surface area contributed by atoms with Crippen molar-refractivity contribution in [1.82, 2.24) is 4.90 Å². The van der Waals surface area contributed by atoms with Gasteiger partial charge in [0.15, 0.2) is 0 Å². The first-order chi connectivity index (χ1) is 7.91. The highest BCUT2D eigenvalue weighted by Crippen LogP contribution is 2.16. The van der Waals surface area contributed by atoms with Gasteiger partial charge in [0.25, 0.3) is 0 Å². The number of hydrogen-bond acceptors (Lipinski definition) is 3. The molecule has 0 bridgehead atoms. The quantitative estimate of drug-likeness (QED) is 0.799. The van der Waals surface area contributed by atoms with Crippen molar-refractivity contribution >= 4 is 11.9 Å². The number of hydrogen-bond donors (Lipinski definition) is 1. The van der Waals surface area contributed by atoms with E-state index in [1.165, 1.54) is 0 Å². The number of carboxylic acid groups (broad SMARTS) is 1. The van der Waals surface area contributed by atoms with E-state index in [1.54, 1.807) is 4.90 Å². The summed E-state index contributed by atoms with van der Waals surface area (Å²) in [5, 5.41) is 8.70. The van der Waals surface area contributed by atoms with Crippen molar-refractivity contribution in [3.63, 3.8) is 0 Å². The third-order valence-corrected chi connectivity index (χ3v) is 3.24. The molecule has 0 aliphatic carbocycles. The minimum absolute atomic E-state index is 0.0291. The van der Waals surface area contributed by atoms with Gasteiger partial charge in [0, 0.05) is 19.0 Å². The van der Waals surface area contributed by atoms with Crippen molar-refractivity contribution in [2.45, 2.75) is 33.3 Å². The van der Waals surface area contributed by atoms with E-state index in [-0.39, 0.29) is 24.3 Å². The molecule has 1 fully saturated rings. The molecule has 2 atom stereocenters. The number of amides is 1. The van der Waals surface area contributed by atoms with Crippen molar-refractivity contribution < 1.29 is 19.4 Å². The van der Waals surface area contributed by atoms with Gasteiger partial charge in [-0.25, -0.2) is 0 Å². The van der Waals surface area contributed by atoms with Crippen molar-refractivity contribution in [3.8, 4) is 0 Å². The second-order valence-corrected chi connectivity index (χ2v) is 4.91. The molecule has 98 valence electrons. The molecule has 0 aromatic rings. The summed E-state index contributed by atoms with van der Waals surface area (Å²) >= 11 is 0. The number of rotatable bonds is 4. The lowest BCUT2D eigenvalue weighted by Gasteiger charge is -2.34. The highest BCUT2D eigenvalue weighted by Gasteiger charge is 2.29. The van der Waals surface area contributed by atoms with E-state index >= 15 is 0 Å². The van der Waals surface area contributed by atoms with Crippen LogP contribution in [0.15, 0.2) is 0 Å². The van der Waals surface area contributed by atoms with Crippen LogP contribution in [0.4, 0.5) is 0 Å². The number of morpholine rings is 1. The van der Waals surface area contributed by atoms with Gasteiger partial charge >= 0.3 is 5.97 Å². The van der Waals surface area contributed by atoms with Crippen LogP contribution < -0.4 is 0 Å². The zero-order valence-electron chi connectivity index (χ0n) is 10.7. The molecule has 1 rings (SSSR count). The fourth-order valence-electron chi connectivity index (χ4n) is 1.81. The van der Waals surface area contributed by atoms with Gasteiger partial charge in [-0.2, -0.15) is 0 Å². The lowest BCUT2D eigenvalue weighted by Crippen LogP contribution is -2.48. The molecular weight excluding hydrogens is 222 g/mol. The van der Waals surface area contributed by atoms with Gasteiger partial charge in [0.1, 0.15) is 0 Å². The number of carboxylic acids is 1. The van der Waals surface area contributed by atoms with Crippen LogP contribution in [0.2, 0.25) is 0 Å². The summed E-state index contributed by atoms with van der Waals surface area (Å²) in [5.74, 6) is -0.526. The zero-order chi connectivity index (χ0) is 13.0. The fourth-order valence-corrected chi connectivity index (χ4v) is 1.81. The van der Waals surface area contributed by atoms with Crippen LogP contribution >= 0.6 is 0 Å². The van der Waals surface area contributed by atoms with Crippen LogP contribution in [0.1, 0.15) is 27.2 Å². The Bertz CT molecular complexity index is 290. The van der Waals surface area contributed by atoms with Gasteiger partial charge in [-0.05, 0) is 5.92 Å². The number of carbonyl (C=O) groups is 2. The minimum atomic E-state index is -0.888. The second-order valence-electron chi connectivity index (χ2n) is 4.91. The Morgan fingerprint density at radius 1 is 1.41 bits per heavy atom. The summed E-state index contributed by atoms with van der Waals surface area (Å²) in [4.78, 5) is 24.4. The first-order valence-corrected chi connectivity index (χ1v) is 6.04. The Balaban J connectivity index is 2.54. The van der Waals surface area contributed by atoms with E-state index in [9.17, 15) is 9.59 Å². The van der Waals surface area contributed by atoms with Crippen LogP contribution in [0, 0.1) is 11.8 Å². The van der Waals surface area contributed by atoms with E-state index < -0.39 is 5.97 Å². The van der Waals surface area contributed by atoms with E-state index in [4.69, 9.17) is 9.84 Å². The predicted molar refractivity (Wildman–Crippen MR) is 62.6 cm³/mol. The van der Waals surface area contributed by atoms with Crippen molar-refractivity contribution in [2.75, 3.05) is 19.7 Å². The fraction of sp³-hybridized carbons (Fsp3) is 0.833. The Morgan fingerprint density at radius 3 is 2.59 bits per heavy atom. The molecule has 2 unspecified atom stereocenters. The molecule has 1 amide bonds. The Morgan fingerprint density at radius 2 is 2.06 bits per heavy atom. The minimum Gasteiger partial charge on any atom is -0.481 e. The van der Waals surface area contributed by atoms with E-state index in [0.717, 1.165) is 0 Å². The zero-order valence-corrected chi connectivity index (χ0v) is 10.7. The molecule has 0 aromatic heterocycles. The summed E-state index contributed by atoms with van der Waals surface area (Å²) in [6.45, 7) is 7.31. The number of carbonyl (C=O) groups excluding carboxylic acids is 1. The lowest BCUT2D eigenvalue weighted by atomic mass is 9.96. The first kappa shape index (κ1) is 14.0. The highest BCUT2D eigenvalue weighted by atomic mass is 16.5.